The zero-order chi connectivity index (χ0) is 16.4. The molecule has 23 heavy (non-hydrogen) atoms. The number of aryl methyl sites for hydroxylation is 1. The number of hydrogen-bond donors (Lipinski definition) is 0. The Morgan fingerprint density at radius 3 is 2.48 bits per heavy atom. The van der Waals surface area contributed by atoms with Crippen molar-refractivity contribution in [2.75, 3.05) is 18.0 Å². The van der Waals surface area contributed by atoms with Gasteiger partial charge in [-0.25, -0.2) is 4.39 Å². The molecule has 1 aliphatic rings. The first-order chi connectivity index (χ1) is 11.1. The molecule has 1 unspecified atom stereocenters. The Morgan fingerprint density at radius 2 is 1.78 bits per heavy atom. The number of halogens is 1. The third kappa shape index (κ3) is 3.27. The molecule has 3 rings (SSSR count). The van der Waals surface area contributed by atoms with Crippen molar-refractivity contribution in [3.63, 3.8) is 0 Å². The number of rotatable bonds is 3. The summed E-state index contributed by atoms with van der Waals surface area (Å²) in [4.78, 5) is 16.6. The minimum absolute atomic E-state index is 0.0662. The van der Waals surface area contributed by atoms with E-state index >= 15 is 0 Å². The minimum Gasteiger partial charge on any atom is -0.310 e. The fourth-order valence-corrected chi connectivity index (χ4v) is 3.01. The van der Waals surface area contributed by atoms with E-state index in [0.29, 0.717) is 6.54 Å². The van der Waals surface area contributed by atoms with Crippen LogP contribution in [0.25, 0.3) is 0 Å². The van der Waals surface area contributed by atoms with E-state index < -0.39 is 0 Å². The number of benzene rings is 2. The maximum atomic E-state index is 13.1. The average molecular weight is 312 g/mol. The highest BCUT2D eigenvalue weighted by Gasteiger charge is 2.32. The van der Waals surface area contributed by atoms with Crippen molar-refractivity contribution in [3.8, 4) is 0 Å². The molecule has 0 saturated carbocycles. The monoisotopic (exact) mass is 312 g/mol. The van der Waals surface area contributed by atoms with Crippen molar-refractivity contribution < 1.29 is 9.18 Å². The molecule has 1 fully saturated rings. The summed E-state index contributed by atoms with van der Waals surface area (Å²) in [5, 5.41) is 0. The van der Waals surface area contributed by atoms with Crippen LogP contribution in [0.3, 0.4) is 0 Å². The van der Waals surface area contributed by atoms with E-state index in [1.54, 1.807) is 17.0 Å². The van der Waals surface area contributed by atoms with Crippen molar-refractivity contribution in [3.05, 3.63) is 65.5 Å². The number of carbonyl (C=O) groups is 1. The van der Waals surface area contributed by atoms with E-state index in [2.05, 4.69) is 24.0 Å². The predicted molar refractivity (Wildman–Crippen MR) is 89.8 cm³/mol. The first-order valence-electron chi connectivity index (χ1n) is 7.92. The molecule has 1 saturated heterocycles. The van der Waals surface area contributed by atoms with Crippen LogP contribution in [0.5, 0.6) is 0 Å². The largest absolute Gasteiger partial charge is 0.310 e. The van der Waals surface area contributed by atoms with Gasteiger partial charge < -0.3 is 4.90 Å². The van der Waals surface area contributed by atoms with Crippen LogP contribution in [-0.2, 0) is 11.3 Å². The number of anilines is 1. The van der Waals surface area contributed by atoms with Crippen LogP contribution in [0.15, 0.2) is 48.5 Å². The van der Waals surface area contributed by atoms with Gasteiger partial charge in [0.2, 0.25) is 5.91 Å². The Morgan fingerprint density at radius 1 is 1.09 bits per heavy atom. The highest BCUT2D eigenvalue weighted by Crippen LogP contribution is 2.22. The van der Waals surface area contributed by atoms with Crippen molar-refractivity contribution >= 4 is 11.6 Å². The third-order valence-electron chi connectivity index (χ3n) is 4.55. The molecule has 0 radical (unpaired) electrons. The lowest BCUT2D eigenvalue weighted by Gasteiger charge is -2.39. The number of amides is 1. The van der Waals surface area contributed by atoms with Crippen molar-refractivity contribution in [1.82, 2.24) is 4.90 Å². The van der Waals surface area contributed by atoms with E-state index in [1.165, 1.54) is 23.3 Å². The average Bonchev–Trinajstić information content (AvgIpc) is 2.55. The zero-order valence-electron chi connectivity index (χ0n) is 13.5. The molecule has 0 aliphatic carbocycles. The lowest BCUT2D eigenvalue weighted by molar-refractivity contribution is -0.125. The minimum atomic E-state index is -0.285. The van der Waals surface area contributed by atoms with E-state index in [0.717, 1.165) is 18.8 Å². The Kier molecular flexibility index (Phi) is 4.44. The van der Waals surface area contributed by atoms with Gasteiger partial charge in [-0.15, -0.1) is 0 Å². The van der Waals surface area contributed by atoms with Crippen LogP contribution in [-0.4, -0.2) is 29.9 Å². The lowest BCUT2D eigenvalue weighted by atomic mass is 10.1. The highest BCUT2D eigenvalue weighted by molar-refractivity contribution is 5.97. The van der Waals surface area contributed by atoms with Gasteiger partial charge in [-0.2, -0.15) is 0 Å². The molecule has 0 bridgehead atoms. The molecule has 0 N–H and O–H groups in total. The fourth-order valence-electron chi connectivity index (χ4n) is 3.01. The van der Waals surface area contributed by atoms with Crippen LogP contribution in [0.2, 0.25) is 0 Å². The first kappa shape index (κ1) is 15.7. The zero-order valence-corrected chi connectivity index (χ0v) is 13.5. The SMILES string of the molecule is Cc1ccccc1CN1CCN(c2ccc(F)cc2)C(=O)C1C. The second-order valence-corrected chi connectivity index (χ2v) is 6.04. The molecule has 1 heterocycles. The topological polar surface area (TPSA) is 23.6 Å². The number of hydrogen-bond acceptors (Lipinski definition) is 2. The summed E-state index contributed by atoms with van der Waals surface area (Å²) in [5.74, 6) is -0.219. The third-order valence-corrected chi connectivity index (χ3v) is 4.55. The maximum absolute atomic E-state index is 13.1. The fraction of sp³-hybridized carbons (Fsp3) is 0.316. The lowest BCUT2D eigenvalue weighted by Crippen LogP contribution is -2.55. The van der Waals surface area contributed by atoms with Gasteiger partial charge in [0.1, 0.15) is 5.82 Å². The molecule has 0 spiro atoms. The molecule has 4 heteroatoms. The summed E-state index contributed by atoms with van der Waals surface area (Å²) in [6.45, 7) is 6.24. The summed E-state index contributed by atoms with van der Waals surface area (Å²) in [6, 6.07) is 14.2. The summed E-state index contributed by atoms with van der Waals surface area (Å²) in [7, 11) is 0. The van der Waals surface area contributed by atoms with Crippen molar-refractivity contribution in [2.24, 2.45) is 0 Å². The Labute approximate surface area is 136 Å². The molecule has 1 aliphatic heterocycles. The summed E-state index contributed by atoms with van der Waals surface area (Å²) < 4.78 is 13.1. The van der Waals surface area contributed by atoms with E-state index in [-0.39, 0.29) is 17.8 Å². The van der Waals surface area contributed by atoms with Gasteiger partial charge in [0, 0.05) is 25.3 Å². The van der Waals surface area contributed by atoms with Crippen LogP contribution in [0.1, 0.15) is 18.1 Å². The molecule has 1 amide bonds. The second kappa shape index (κ2) is 6.50. The van der Waals surface area contributed by atoms with Gasteiger partial charge in [0.05, 0.1) is 6.04 Å². The molecule has 1 atom stereocenters. The summed E-state index contributed by atoms with van der Waals surface area (Å²) >= 11 is 0. The van der Waals surface area contributed by atoms with E-state index in [4.69, 9.17) is 0 Å². The molecule has 0 aromatic heterocycles. The smallest absolute Gasteiger partial charge is 0.244 e. The van der Waals surface area contributed by atoms with E-state index in [9.17, 15) is 9.18 Å². The second-order valence-electron chi connectivity index (χ2n) is 6.04. The van der Waals surface area contributed by atoms with Crippen LogP contribution < -0.4 is 4.90 Å². The molecular weight excluding hydrogens is 291 g/mol. The van der Waals surface area contributed by atoms with Gasteiger partial charge >= 0.3 is 0 Å². The van der Waals surface area contributed by atoms with Crippen LogP contribution >= 0.6 is 0 Å². The van der Waals surface area contributed by atoms with Gasteiger partial charge in [-0.05, 0) is 49.2 Å². The first-order valence-corrected chi connectivity index (χ1v) is 7.92. The van der Waals surface area contributed by atoms with Crippen molar-refractivity contribution in [1.29, 1.82) is 0 Å². The van der Waals surface area contributed by atoms with Gasteiger partial charge in [0.15, 0.2) is 0 Å². The van der Waals surface area contributed by atoms with Crippen molar-refractivity contribution in [2.45, 2.75) is 26.4 Å². The normalized spacial score (nSPS) is 19.2. The van der Waals surface area contributed by atoms with Crippen LogP contribution in [0, 0.1) is 12.7 Å². The van der Waals surface area contributed by atoms with Crippen LogP contribution in [0.4, 0.5) is 10.1 Å². The maximum Gasteiger partial charge on any atom is 0.244 e. The number of piperazine rings is 1. The summed E-state index contributed by atoms with van der Waals surface area (Å²) in [5.41, 5.74) is 3.26. The molecule has 120 valence electrons. The van der Waals surface area contributed by atoms with Gasteiger partial charge in [0.25, 0.3) is 0 Å². The standard InChI is InChI=1S/C19H21FN2O/c1-14-5-3-4-6-16(14)13-21-11-12-22(19(23)15(21)2)18-9-7-17(20)8-10-18/h3-10,15H,11-13H2,1-2H3. The Hall–Kier alpha value is -2.20. The number of nitrogens with zero attached hydrogens (tertiary/aromatic N) is 2. The molecule has 3 nitrogen and oxygen atoms in total. The highest BCUT2D eigenvalue weighted by atomic mass is 19.1. The molecule has 2 aromatic carbocycles. The quantitative estimate of drug-likeness (QED) is 0.867. The predicted octanol–water partition coefficient (Wildman–Crippen LogP) is 3.37. The van der Waals surface area contributed by atoms with Gasteiger partial charge in [-0.1, -0.05) is 24.3 Å². The Balaban J connectivity index is 1.73. The summed E-state index contributed by atoms with van der Waals surface area (Å²) in [6.07, 6.45) is 0. The molecule has 2 aromatic rings. The van der Waals surface area contributed by atoms with Gasteiger partial charge in [-0.3, -0.25) is 9.69 Å². The number of carbonyl (C=O) groups excluding carboxylic acids is 1. The Bertz CT molecular complexity index is 699. The van der Waals surface area contributed by atoms with E-state index in [1.807, 2.05) is 19.1 Å². The molecular formula is C19H21FN2O.